The molecule has 0 aliphatic rings. The summed E-state index contributed by atoms with van der Waals surface area (Å²) in [7, 11) is 0. The van der Waals surface area contributed by atoms with E-state index in [-0.39, 0.29) is 23.8 Å². The molecule has 108 valence electrons. The van der Waals surface area contributed by atoms with Crippen LogP contribution in [0.2, 0.25) is 0 Å². The topological polar surface area (TPSA) is 82.7 Å². The Balaban J connectivity index is 2.71. The van der Waals surface area contributed by atoms with E-state index in [0.717, 1.165) is 5.56 Å². The maximum absolute atomic E-state index is 10.8. The first-order valence-corrected chi connectivity index (χ1v) is 6.42. The number of carboxylic acids is 1. The van der Waals surface area contributed by atoms with Crippen LogP contribution in [-0.4, -0.2) is 28.8 Å². The Morgan fingerprint density at radius 2 is 2.11 bits per heavy atom. The van der Waals surface area contributed by atoms with Gasteiger partial charge in [-0.2, -0.15) is 0 Å². The fourth-order valence-corrected chi connectivity index (χ4v) is 2.00. The predicted molar refractivity (Wildman–Crippen MR) is 72.2 cm³/mol. The average Bonchev–Trinajstić information content (AvgIpc) is 2.65. The van der Waals surface area contributed by atoms with E-state index in [0.29, 0.717) is 18.7 Å². The standard InChI is InChI=1S/C14H23NO4/c1-9-10(7-11(19-9)13(17)18)8-15-12(5-6-16)14(2,3)4/h7,12,15-16H,5-6,8H2,1-4H3,(H,17,18). The van der Waals surface area contributed by atoms with E-state index in [4.69, 9.17) is 14.6 Å². The van der Waals surface area contributed by atoms with Gasteiger partial charge in [-0.15, -0.1) is 0 Å². The van der Waals surface area contributed by atoms with Crippen molar-refractivity contribution in [2.45, 2.75) is 46.7 Å². The van der Waals surface area contributed by atoms with E-state index in [1.165, 1.54) is 0 Å². The number of carbonyl (C=O) groups is 1. The molecule has 1 heterocycles. The van der Waals surface area contributed by atoms with Crippen LogP contribution >= 0.6 is 0 Å². The summed E-state index contributed by atoms with van der Waals surface area (Å²) in [6.45, 7) is 8.72. The number of aliphatic hydroxyl groups is 1. The quantitative estimate of drug-likeness (QED) is 0.737. The van der Waals surface area contributed by atoms with Crippen molar-refractivity contribution in [2.75, 3.05) is 6.61 Å². The van der Waals surface area contributed by atoms with Gasteiger partial charge in [0.15, 0.2) is 0 Å². The van der Waals surface area contributed by atoms with Crippen LogP contribution in [0.1, 0.15) is 49.1 Å². The van der Waals surface area contributed by atoms with Crippen molar-refractivity contribution >= 4 is 5.97 Å². The summed E-state index contributed by atoms with van der Waals surface area (Å²) in [4.78, 5) is 10.8. The largest absolute Gasteiger partial charge is 0.475 e. The number of furan rings is 1. The molecule has 19 heavy (non-hydrogen) atoms. The lowest BCUT2D eigenvalue weighted by Crippen LogP contribution is -2.40. The third kappa shape index (κ3) is 4.36. The molecule has 1 aromatic rings. The Hall–Kier alpha value is -1.33. The van der Waals surface area contributed by atoms with Crippen LogP contribution in [0, 0.1) is 12.3 Å². The van der Waals surface area contributed by atoms with Gasteiger partial charge in [0.25, 0.3) is 0 Å². The molecule has 0 aliphatic carbocycles. The first-order valence-electron chi connectivity index (χ1n) is 6.42. The zero-order chi connectivity index (χ0) is 14.6. The van der Waals surface area contributed by atoms with Crippen LogP contribution in [0.15, 0.2) is 10.5 Å². The number of aryl methyl sites for hydroxylation is 1. The van der Waals surface area contributed by atoms with E-state index >= 15 is 0 Å². The summed E-state index contributed by atoms with van der Waals surface area (Å²) in [6.07, 6.45) is 0.659. The van der Waals surface area contributed by atoms with Crippen molar-refractivity contribution in [3.05, 3.63) is 23.2 Å². The normalized spacial score (nSPS) is 13.5. The smallest absolute Gasteiger partial charge is 0.371 e. The Morgan fingerprint density at radius 3 is 2.53 bits per heavy atom. The summed E-state index contributed by atoms with van der Waals surface area (Å²) in [5, 5.41) is 21.3. The lowest BCUT2D eigenvalue weighted by atomic mass is 9.85. The Bertz CT molecular complexity index is 431. The highest BCUT2D eigenvalue weighted by Gasteiger charge is 2.24. The third-order valence-corrected chi connectivity index (χ3v) is 3.23. The van der Waals surface area contributed by atoms with Crippen molar-refractivity contribution in [1.82, 2.24) is 5.32 Å². The molecule has 0 aliphatic heterocycles. The molecular formula is C14H23NO4. The van der Waals surface area contributed by atoms with Crippen molar-refractivity contribution in [3.8, 4) is 0 Å². The molecule has 1 atom stereocenters. The van der Waals surface area contributed by atoms with Gasteiger partial charge in [0.1, 0.15) is 5.76 Å². The molecule has 0 saturated heterocycles. The molecule has 3 N–H and O–H groups in total. The second-order valence-electron chi connectivity index (χ2n) is 5.81. The van der Waals surface area contributed by atoms with Gasteiger partial charge in [-0.25, -0.2) is 4.79 Å². The molecule has 0 saturated carbocycles. The zero-order valence-corrected chi connectivity index (χ0v) is 12.0. The number of carboxylic acid groups (broad SMARTS) is 1. The van der Waals surface area contributed by atoms with E-state index in [2.05, 4.69) is 26.1 Å². The number of hydrogen-bond donors (Lipinski definition) is 3. The van der Waals surface area contributed by atoms with Crippen LogP contribution in [0.25, 0.3) is 0 Å². The minimum absolute atomic E-state index is 0.0238. The number of rotatable bonds is 6. The molecule has 0 aromatic carbocycles. The van der Waals surface area contributed by atoms with Crippen LogP contribution in [0.3, 0.4) is 0 Å². The fourth-order valence-electron chi connectivity index (χ4n) is 2.00. The van der Waals surface area contributed by atoms with E-state index < -0.39 is 5.97 Å². The summed E-state index contributed by atoms with van der Waals surface area (Å²) in [6, 6.07) is 1.70. The van der Waals surface area contributed by atoms with Gasteiger partial charge >= 0.3 is 5.97 Å². The molecule has 0 bridgehead atoms. The minimum atomic E-state index is -1.06. The second-order valence-corrected chi connectivity index (χ2v) is 5.81. The van der Waals surface area contributed by atoms with Gasteiger partial charge in [-0.05, 0) is 24.8 Å². The second kappa shape index (κ2) is 6.21. The molecule has 0 fully saturated rings. The van der Waals surface area contributed by atoms with Crippen LogP contribution in [0.4, 0.5) is 0 Å². The zero-order valence-electron chi connectivity index (χ0n) is 12.0. The summed E-state index contributed by atoms with van der Waals surface area (Å²) in [5.41, 5.74) is 0.861. The maximum Gasteiger partial charge on any atom is 0.371 e. The van der Waals surface area contributed by atoms with Gasteiger partial charge in [0.05, 0.1) is 0 Å². The Morgan fingerprint density at radius 1 is 1.47 bits per heavy atom. The maximum atomic E-state index is 10.8. The van der Waals surface area contributed by atoms with Crippen LogP contribution < -0.4 is 5.32 Å². The monoisotopic (exact) mass is 269 g/mol. The summed E-state index contributed by atoms with van der Waals surface area (Å²) in [5.74, 6) is -0.484. The third-order valence-electron chi connectivity index (χ3n) is 3.23. The first kappa shape index (κ1) is 15.7. The van der Waals surface area contributed by atoms with Crippen LogP contribution in [-0.2, 0) is 6.54 Å². The molecule has 1 aromatic heterocycles. The van der Waals surface area contributed by atoms with E-state index in [1.54, 1.807) is 13.0 Å². The fraction of sp³-hybridized carbons (Fsp3) is 0.643. The lowest BCUT2D eigenvalue weighted by molar-refractivity contribution is 0.0661. The molecule has 1 rings (SSSR count). The molecule has 0 spiro atoms. The van der Waals surface area contributed by atoms with E-state index in [9.17, 15) is 4.79 Å². The molecule has 0 amide bonds. The SMILES string of the molecule is Cc1oc(C(=O)O)cc1CNC(CCO)C(C)(C)C. The highest BCUT2D eigenvalue weighted by atomic mass is 16.4. The average molecular weight is 269 g/mol. The van der Waals surface area contributed by atoms with Crippen molar-refractivity contribution in [2.24, 2.45) is 5.41 Å². The van der Waals surface area contributed by atoms with Crippen LogP contribution in [0.5, 0.6) is 0 Å². The van der Waals surface area contributed by atoms with Gasteiger partial charge in [-0.3, -0.25) is 0 Å². The molecule has 5 heteroatoms. The molecule has 0 radical (unpaired) electrons. The minimum Gasteiger partial charge on any atom is -0.475 e. The molecular weight excluding hydrogens is 246 g/mol. The molecule has 1 unspecified atom stereocenters. The van der Waals surface area contributed by atoms with Gasteiger partial charge in [-0.1, -0.05) is 20.8 Å². The van der Waals surface area contributed by atoms with Crippen molar-refractivity contribution < 1.29 is 19.4 Å². The van der Waals surface area contributed by atoms with Gasteiger partial charge in [0, 0.05) is 24.8 Å². The van der Waals surface area contributed by atoms with Crippen molar-refractivity contribution in [1.29, 1.82) is 0 Å². The van der Waals surface area contributed by atoms with Crippen molar-refractivity contribution in [3.63, 3.8) is 0 Å². The lowest BCUT2D eigenvalue weighted by Gasteiger charge is -2.31. The summed E-state index contributed by atoms with van der Waals surface area (Å²) >= 11 is 0. The number of nitrogens with one attached hydrogen (secondary N) is 1. The van der Waals surface area contributed by atoms with Gasteiger partial charge in [0.2, 0.25) is 5.76 Å². The highest BCUT2D eigenvalue weighted by Crippen LogP contribution is 2.23. The number of hydrogen-bond acceptors (Lipinski definition) is 4. The number of aromatic carboxylic acids is 1. The summed E-state index contributed by atoms with van der Waals surface area (Å²) < 4.78 is 5.17. The predicted octanol–water partition coefficient (Wildman–Crippen LogP) is 2.17. The van der Waals surface area contributed by atoms with E-state index in [1.807, 2.05) is 0 Å². The highest BCUT2D eigenvalue weighted by molar-refractivity contribution is 5.84. The first-order chi connectivity index (χ1) is 8.75. The molecule has 5 nitrogen and oxygen atoms in total. The Labute approximate surface area is 113 Å². The Kier molecular flexibility index (Phi) is 5.14. The van der Waals surface area contributed by atoms with Gasteiger partial charge < -0.3 is 19.9 Å². The number of aliphatic hydroxyl groups excluding tert-OH is 1.